The minimum atomic E-state index is -4.51. The second-order valence-electron chi connectivity index (χ2n) is 5.99. The maximum atomic E-state index is 12.9. The first-order chi connectivity index (χ1) is 11.9. The summed E-state index contributed by atoms with van der Waals surface area (Å²) in [7, 11) is 0. The molecule has 0 bridgehead atoms. The number of H-pyrrole nitrogens is 1. The van der Waals surface area contributed by atoms with Crippen molar-refractivity contribution in [1.29, 1.82) is 0 Å². The van der Waals surface area contributed by atoms with Crippen LogP contribution in [0.25, 0.3) is 0 Å². The fraction of sp³-hybridized carbons (Fsp3) is 0.412. The monoisotopic (exact) mass is 353 g/mol. The molecular formula is C17H18F3N3O2. The lowest BCUT2D eigenvalue weighted by molar-refractivity contribution is -0.137. The van der Waals surface area contributed by atoms with E-state index in [2.05, 4.69) is 15.5 Å². The van der Waals surface area contributed by atoms with Gasteiger partial charge in [0.1, 0.15) is 5.75 Å². The number of hydrogen-bond donors (Lipinski definition) is 2. The molecule has 0 saturated heterocycles. The Morgan fingerprint density at radius 2 is 2.12 bits per heavy atom. The van der Waals surface area contributed by atoms with Crippen molar-refractivity contribution in [3.8, 4) is 5.75 Å². The minimum absolute atomic E-state index is 0.0238. The quantitative estimate of drug-likeness (QED) is 0.811. The lowest BCUT2D eigenvalue weighted by Gasteiger charge is -2.14. The largest absolute Gasteiger partial charge is 0.491 e. The maximum absolute atomic E-state index is 12.9. The number of alkyl halides is 3. The number of hydrogen-bond acceptors (Lipinski definition) is 3. The highest BCUT2D eigenvalue weighted by molar-refractivity contribution is 6.03. The van der Waals surface area contributed by atoms with E-state index in [0.29, 0.717) is 18.9 Å². The van der Waals surface area contributed by atoms with E-state index in [4.69, 9.17) is 4.74 Å². The molecule has 25 heavy (non-hydrogen) atoms. The van der Waals surface area contributed by atoms with Crippen LogP contribution in [0.1, 0.15) is 53.8 Å². The van der Waals surface area contributed by atoms with Crippen molar-refractivity contribution in [3.63, 3.8) is 0 Å². The van der Waals surface area contributed by atoms with Gasteiger partial charge in [0.05, 0.1) is 17.9 Å². The lowest BCUT2D eigenvalue weighted by Crippen LogP contribution is -2.15. The zero-order chi connectivity index (χ0) is 18.0. The van der Waals surface area contributed by atoms with E-state index in [-0.39, 0.29) is 17.1 Å². The van der Waals surface area contributed by atoms with Gasteiger partial charge in [-0.05, 0) is 43.5 Å². The second kappa shape index (κ2) is 6.78. The molecule has 0 aliphatic heterocycles. The van der Waals surface area contributed by atoms with Crippen molar-refractivity contribution >= 4 is 11.6 Å². The first-order valence-corrected chi connectivity index (χ1v) is 8.09. The van der Waals surface area contributed by atoms with Crippen LogP contribution in [0.15, 0.2) is 24.3 Å². The number of rotatable bonds is 6. The lowest BCUT2D eigenvalue weighted by atomic mass is 10.1. The van der Waals surface area contributed by atoms with Crippen molar-refractivity contribution in [1.82, 2.24) is 10.2 Å². The second-order valence-corrected chi connectivity index (χ2v) is 5.99. The Balaban J connectivity index is 1.83. The van der Waals surface area contributed by atoms with Gasteiger partial charge in [-0.2, -0.15) is 18.3 Å². The summed E-state index contributed by atoms with van der Waals surface area (Å²) in [6.45, 7) is 2.22. The summed E-state index contributed by atoms with van der Waals surface area (Å²) in [6, 6.07) is 4.65. The van der Waals surface area contributed by atoms with Crippen LogP contribution in [-0.4, -0.2) is 22.7 Å². The highest BCUT2D eigenvalue weighted by atomic mass is 19.4. The van der Waals surface area contributed by atoms with E-state index >= 15 is 0 Å². The Hall–Kier alpha value is -2.51. The van der Waals surface area contributed by atoms with Crippen LogP contribution in [0.4, 0.5) is 18.9 Å². The molecule has 134 valence electrons. The number of nitrogens with zero attached hydrogens (tertiary/aromatic N) is 1. The molecule has 0 spiro atoms. The van der Waals surface area contributed by atoms with Crippen molar-refractivity contribution < 1.29 is 22.7 Å². The predicted molar refractivity (Wildman–Crippen MR) is 85.7 cm³/mol. The average molecular weight is 353 g/mol. The fourth-order valence-electron chi connectivity index (χ4n) is 2.38. The van der Waals surface area contributed by atoms with Gasteiger partial charge in [-0.3, -0.25) is 9.89 Å². The van der Waals surface area contributed by atoms with Crippen LogP contribution in [0.2, 0.25) is 0 Å². The molecule has 1 saturated carbocycles. The van der Waals surface area contributed by atoms with Crippen LogP contribution in [-0.2, 0) is 6.18 Å². The average Bonchev–Trinajstić information content (AvgIpc) is 3.29. The van der Waals surface area contributed by atoms with E-state index in [9.17, 15) is 18.0 Å². The van der Waals surface area contributed by atoms with Crippen LogP contribution < -0.4 is 10.1 Å². The normalized spacial score (nSPS) is 14.4. The first-order valence-electron chi connectivity index (χ1n) is 8.09. The first kappa shape index (κ1) is 17.3. The topological polar surface area (TPSA) is 67.0 Å². The highest BCUT2D eigenvalue weighted by Gasteiger charge is 2.32. The predicted octanol–water partition coefficient (Wildman–Crippen LogP) is 4.35. The van der Waals surface area contributed by atoms with Gasteiger partial charge in [0.2, 0.25) is 0 Å². The van der Waals surface area contributed by atoms with E-state index in [0.717, 1.165) is 30.7 Å². The molecule has 1 aliphatic carbocycles. The number of ether oxygens (including phenoxy) is 1. The maximum Gasteiger partial charge on any atom is 0.416 e. The third-order valence-corrected chi connectivity index (χ3v) is 3.86. The van der Waals surface area contributed by atoms with Crippen molar-refractivity contribution in [2.75, 3.05) is 11.9 Å². The number of aromatic nitrogens is 2. The molecule has 0 unspecified atom stereocenters. The molecule has 2 aromatic rings. The standard InChI is InChI=1S/C17H18F3N3O2/c1-2-7-25-15-6-5-11(17(18,19)20)8-13(15)21-16(24)14-9-12(22-23-14)10-3-4-10/h5-6,8-10H,2-4,7H2,1H3,(H,21,24)(H,22,23). The number of carbonyl (C=O) groups is 1. The van der Waals surface area contributed by atoms with Crippen LogP contribution in [0.3, 0.4) is 0 Å². The van der Waals surface area contributed by atoms with Gasteiger partial charge in [-0.25, -0.2) is 0 Å². The number of nitrogens with one attached hydrogen (secondary N) is 2. The Labute approximate surface area is 142 Å². The molecule has 1 aromatic heterocycles. The van der Waals surface area contributed by atoms with Crippen LogP contribution in [0.5, 0.6) is 5.75 Å². The summed E-state index contributed by atoms with van der Waals surface area (Å²) >= 11 is 0. The molecule has 0 atom stereocenters. The van der Waals surface area contributed by atoms with Gasteiger partial charge in [-0.15, -0.1) is 0 Å². The summed E-state index contributed by atoms with van der Waals surface area (Å²) in [5.74, 6) is 0.0102. The Kier molecular flexibility index (Phi) is 4.69. The zero-order valence-electron chi connectivity index (χ0n) is 13.6. The number of aromatic amines is 1. The number of carbonyl (C=O) groups excluding carboxylic acids is 1. The Bertz CT molecular complexity index is 767. The zero-order valence-corrected chi connectivity index (χ0v) is 13.6. The molecule has 1 aliphatic rings. The summed E-state index contributed by atoms with van der Waals surface area (Å²) in [4.78, 5) is 12.3. The van der Waals surface area contributed by atoms with Gasteiger partial charge in [-0.1, -0.05) is 6.92 Å². The highest BCUT2D eigenvalue weighted by Crippen LogP contribution is 2.39. The van der Waals surface area contributed by atoms with Gasteiger partial charge in [0.25, 0.3) is 5.91 Å². The Morgan fingerprint density at radius 3 is 2.76 bits per heavy atom. The van der Waals surface area contributed by atoms with Gasteiger partial charge in [0.15, 0.2) is 5.69 Å². The third-order valence-electron chi connectivity index (χ3n) is 3.86. The minimum Gasteiger partial charge on any atom is -0.491 e. The smallest absolute Gasteiger partial charge is 0.416 e. The SMILES string of the molecule is CCCOc1ccc(C(F)(F)F)cc1NC(=O)c1cc(C2CC2)[nH]n1. The van der Waals surface area contributed by atoms with Crippen LogP contribution >= 0.6 is 0 Å². The molecular weight excluding hydrogens is 335 g/mol. The van der Waals surface area contributed by atoms with Crippen molar-refractivity contribution in [3.05, 3.63) is 41.2 Å². The van der Waals surface area contributed by atoms with E-state index in [1.807, 2.05) is 6.92 Å². The molecule has 0 radical (unpaired) electrons. The molecule has 1 fully saturated rings. The third kappa shape index (κ3) is 4.12. The molecule has 5 nitrogen and oxygen atoms in total. The molecule has 1 heterocycles. The molecule has 1 aromatic carbocycles. The van der Waals surface area contributed by atoms with E-state index in [1.54, 1.807) is 6.07 Å². The van der Waals surface area contributed by atoms with Crippen molar-refractivity contribution in [2.24, 2.45) is 0 Å². The molecule has 2 N–H and O–H groups in total. The molecule has 8 heteroatoms. The van der Waals surface area contributed by atoms with Gasteiger partial charge >= 0.3 is 6.18 Å². The van der Waals surface area contributed by atoms with Gasteiger partial charge in [0, 0.05) is 11.6 Å². The number of benzene rings is 1. The fourth-order valence-corrected chi connectivity index (χ4v) is 2.38. The number of anilines is 1. The summed E-state index contributed by atoms with van der Waals surface area (Å²) in [6.07, 6.45) is -1.72. The number of amides is 1. The van der Waals surface area contributed by atoms with Gasteiger partial charge < -0.3 is 10.1 Å². The Morgan fingerprint density at radius 1 is 1.36 bits per heavy atom. The summed E-state index contributed by atoms with van der Waals surface area (Å²) < 4.78 is 44.3. The van der Waals surface area contributed by atoms with E-state index < -0.39 is 17.6 Å². The van der Waals surface area contributed by atoms with Crippen molar-refractivity contribution in [2.45, 2.75) is 38.3 Å². The van der Waals surface area contributed by atoms with Crippen LogP contribution in [0, 0.1) is 0 Å². The number of halogens is 3. The summed E-state index contributed by atoms with van der Waals surface area (Å²) in [5, 5.41) is 9.21. The molecule has 3 rings (SSSR count). The molecule has 1 amide bonds. The van der Waals surface area contributed by atoms with E-state index in [1.165, 1.54) is 6.07 Å². The summed E-state index contributed by atoms with van der Waals surface area (Å²) in [5.41, 5.74) is 0.133.